The SMILES string of the molecule is CC(NC1CCCCC1)c1cc(Cl)ccc1O.Cl. The number of nitrogens with one attached hydrogen (secondary N) is 1. The van der Waals surface area contributed by atoms with Crippen LogP contribution in [0, 0.1) is 0 Å². The van der Waals surface area contributed by atoms with Gasteiger partial charge in [-0.05, 0) is 38.0 Å². The van der Waals surface area contributed by atoms with Crippen molar-refractivity contribution in [2.45, 2.75) is 51.1 Å². The summed E-state index contributed by atoms with van der Waals surface area (Å²) in [5.74, 6) is 0.324. The summed E-state index contributed by atoms with van der Waals surface area (Å²) < 4.78 is 0. The summed E-state index contributed by atoms with van der Waals surface area (Å²) in [5.41, 5.74) is 0.892. The standard InChI is InChI=1S/C14H20ClNO.ClH/c1-10(16-12-5-3-2-4-6-12)13-9-11(15)7-8-14(13)17;/h7-10,12,16-17H,2-6H2,1H3;1H. The lowest BCUT2D eigenvalue weighted by atomic mass is 9.94. The Morgan fingerprint density at radius 1 is 1.28 bits per heavy atom. The van der Waals surface area contributed by atoms with E-state index in [1.807, 2.05) is 6.07 Å². The molecule has 102 valence electrons. The van der Waals surface area contributed by atoms with Crippen LogP contribution in [-0.4, -0.2) is 11.1 Å². The van der Waals surface area contributed by atoms with E-state index in [0.29, 0.717) is 16.8 Å². The molecule has 1 unspecified atom stereocenters. The Kier molecular flexibility index (Phi) is 6.27. The fraction of sp³-hybridized carbons (Fsp3) is 0.571. The molecule has 0 spiro atoms. The molecule has 0 aliphatic heterocycles. The lowest BCUT2D eigenvalue weighted by Gasteiger charge is -2.27. The summed E-state index contributed by atoms with van der Waals surface area (Å²) >= 11 is 5.96. The molecule has 18 heavy (non-hydrogen) atoms. The quantitative estimate of drug-likeness (QED) is 0.862. The second-order valence-corrected chi connectivity index (χ2v) is 5.36. The van der Waals surface area contributed by atoms with Gasteiger partial charge in [-0.15, -0.1) is 12.4 Å². The van der Waals surface area contributed by atoms with Crippen LogP contribution >= 0.6 is 24.0 Å². The first kappa shape index (κ1) is 15.6. The number of phenols is 1. The van der Waals surface area contributed by atoms with Crippen LogP contribution in [0.1, 0.15) is 50.6 Å². The van der Waals surface area contributed by atoms with Crippen molar-refractivity contribution in [2.75, 3.05) is 0 Å². The van der Waals surface area contributed by atoms with Crippen LogP contribution in [0.15, 0.2) is 18.2 Å². The van der Waals surface area contributed by atoms with E-state index >= 15 is 0 Å². The van der Waals surface area contributed by atoms with Gasteiger partial charge in [0.1, 0.15) is 5.75 Å². The molecule has 1 aromatic carbocycles. The van der Waals surface area contributed by atoms with Gasteiger partial charge in [0, 0.05) is 22.7 Å². The Morgan fingerprint density at radius 3 is 2.61 bits per heavy atom. The van der Waals surface area contributed by atoms with E-state index in [1.165, 1.54) is 32.1 Å². The number of rotatable bonds is 3. The predicted octanol–water partition coefficient (Wildman–Crippen LogP) is 4.45. The molecule has 1 aliphatic carbocycles. The highest BCUT2D eigenvalue weighted by atomic mass is 35.5. The number of halogens is 2. The molecule has 1 aliphatic rings. The zero-order valence-electron chi connectivity index (χ0n) is 10.7. The van der Waals surface area contributed by atoms with Crippen LogP contribution in [-0.2, 0) is 0 Å². The molecule has 0 amide bonds. The number of aromatic hydroxyl groups is 1. The highest BCUT2D eigenvalue weighted by Gasteiger charge is 2.18. The third kappa shape index (κ3) is 4.04. The Balaban J connectivity index is 0.00000162. The molecule has 2 N–H and O–H groups in total. The van der Waals surface area contributed by atoms with Gasteiger partial charge in [0.2, 0.25) is 0 Å². The summed E-state index contributed by atoms with van der Waals surface area (Å²) in [4.78, 5) is 0. The van der Waals surface area contributed by atoms with Crippen molar-refractivity contribution in [1.29, 1.82) is 0 Å². The van der Waals surface area contributed by atoms with Crippen LogP contribution in [0.5, 0.6) is 5.75 Å². The Morgan fingerprint density at radius 2 is 1.94 bits per heavy atom. The van der Waals surface area contributed by atoms with Crippen LogP contribution < -0.4 is 5.32 Å². The lowest BCUT2D eigenvalue weighted by molar-refractivity contribution is 0.342. The zero-order valence-corrected chi connectivity index (χ0v) is 12.2. The molecule has 0 heterocycles. The largest absolute Gasteiger partial charge is 0.508 e. The van der Waals surface area contributed by atoms with Gasteiger partial charge in [0.15, 0.2) is 0 Å². The normalized spacial score (nSPS) is 18.1. The van der Waals surface area contributed by atoms with Crippen molar-refractivity contribution in [1.82, 2.24) is 5.32 Å². The van der Waals surface area contributed by atoms with Crippen LogP contribution in [0.2, 0.25) is 5.02 Å². The van der Waals surface area contributed by atoms with Crippen molar-refractivity contribution in [3.63, 3.8) is 0 Å². The third-order valence-electron chi connectivity index (χ3n) is 3.55. The molecule has 0 radical (unpaired) electrons. The maximum absolute atomic E-state index is 9.84. The average Bonchev–Trinajstić information content (AvgIpc) is 2.33. The molecule has 0 aromatic heterocycles. The summed E-state index contributed by atoms with van der Waals surface area (Å²) in [6.45, 7) is 2.08. The molecular formula is C14H21Cl2NO. The fourth-order valence-electron chi connectivity index (χ4n) is 2.58. The van der Waals surface area contributed by atoms with Crippen molar-refractivity contribution < 1.29 is 5.11 Å². The molecule has 2 rings (SSSR count). The van der Waals surface area contributed by atoms with E-state index < -0.39 is 0 Å². The van der Waals surface area contributed by atoms with E-state index in [0.717, 1.165) is 5.56 Å². The van der Waals surface area contributed by atoms with Gasteiger partial charge < -0.3 is 10.4 Å². The highest BCUT2D eigenvalue weighted by molar-refractivity contribution is 6.30. The van der Waals surface area contributed by atoms with Crippen molar-refractivity contribution in [3.05, 3.63) is 28.8 Å². The van der Waals surface area contributed by atoms with Gasteiger partial charge >= 0.3 is 0 Å². The van der Waals surface area contributed by atoms with Crippen molar-refractivity contribution in [2.24, 2.45) is 0 Å². The molecule has 1 saturated carbocycles. The minimum Gasteiger partial charge on any atom is -0.508 e. The number of phenolic OH excluding ortho intramolecular Hbond substituents is 1. The summed E-state index contributed by atoms with van der Waals surface area (Å²) in [5, 5.41) is 14.1. The topological polar surface area (TPSA) is 32.3 Å². The molecule has 1 fully saturated rings. The molecule has 1 atom stereocenters. The van der Waals surface area contributed by atoms with Crippen LogP contribution in [0.4, 0.5) is 0 Å². The average molecular weight is 290 g/mol. The van der Waals surface area contributed by atoms with Crippen molar-refractivity contribution in [3.8, 4) is 5.75 Å². The van der Waals surface area contributed by atoms with E-state index in [-0.39, 0.29) is 18.4 Å². The molecule has 0 bridgehead atoms. The summed E-state index contributed by atoms with van der Waals surface area (Å²) in [7, 11) is 0. The van der Waals surface area contributed by atoms with Gasteiger partial charge in [0.25, 0.3) is 0 Å². The first-order chi connectivity index (χ1) is 8.16. The van der Waals surface area contributed by atoms with E-state index in [9.17, 15) is 5.11 Å². The van der Waals surface area contributed by atoms with Crippen molar-refractivity contribution >= 4 is 24.0 Å². The van der Waals surface area contributed by atoms with Crippen LogP contribution in [0.25, 0.3) is 0 Å². The van der Waals surface area contributed by atoms with Gasteiger partial charge in [-0.25, -0.2) is 0 Å². The maximum atomic E-state index is 9.84. The van der Waals surface area contributed by atoms with Gasteiger partial charge in [-0.2, -0.15) is 0 Å². The fourth-order valence-corrected chi connectivity index (χ4v) is 2.77. The minimum absolute atomic E-state index is 0. The second-order valence-electron chi connectivity index (χ2n) is 4.93. The first-order valence-corrected chi connectivity index (χ1v) is 6.79. The maximum Gasteiger partial charge on any atom is 0.120 e. The lowest BCUT2D eigenvalue weighted by Crippen LogP contribution is -2.33. The Bertz CT molecular complexity index is 378. The first-order valence-electron chi connectivity index (χ1n) is 6.41. The third-order valence-corrected chi connectivity index (χ3v) is 3.78. The molecule has 4 heteroatoms. The number of hydrogen-bond acceptors (Lipinski definition) is 2. The summed E-state index contributed by atoms with van der Waals surface area (Å²) in [6, 6.07) is 5.95. The smallest absolute Gasteiger partial charge is 0.120 e. The zero-order chi connectivity index (χ0) is 12.3. The monoisotopic (exact) mass is 289 g/mol. The predicted molar refractivity (Wildman–Crippen MR) is 78.8 cm³/mol. The molecule has 2 nitrogen and oxygen atoms in total. The number of benzene rings is 1. The highest BCUT2D eigenvalue weighted by Crippen LogP contribution is 2.29. The minimum atomic E-state index is 0. The molecule has 0 saturated heterocycles. The van der Waals surface area contributed by atoms with E-state index in [2.05, 4.69) is 12.2 Å². The summed E-state index contributed by atoms with van der Waals surface area (Å²) in [6.07, 6.45) is 6.46. The Labute approximate surface area is 120 Å². The van der Waals surface area contributed by atoms with Gasteiger partial charge in [0.05, 0.1) is 0 Å². The van der Waals surface area contributed by atoms with E-state index in [1.54, 1.807) is 12.1 Å². The van der Waals surface area contributed by atoms with Crippen LogP contribution in [0.3, 0.4) is 0 Å². The number of hydrogen-bond donors (Lipinski definition) is 2. The van der Waals surface area contributed by atoms with E-state index in [4.69, 9.17) is 11.6 Å². The molecular weight excluding hydrogens is 269 g/mol. The second kappa shape index (κ2) is 7.22. The molecule has 1 aromatic rings. The Hall–Kier alpha value is -0.440. The van der Waals surface area contributed by atoms with Gasteiger partial charge in [-0.3, -0.25) is 0 Å². The van der Waals surface area contributed by atoms with Gasteiger partial charge in [-0.1, -0.05) is 30.9 Å².